The number of likely N-dealkylation sites (tertiary alicyclic amines) is 1. The van der Waals surface area contributed by atoms with Crippen molar-refractivity contribution in [1.82, 2.24) is 9.88 Å². The van der Waals surface area contributed by atoms with Gasteiger partial charge < -0.3 is 5.11 Å². The maximum Gasteiger partial charge on any atom is 0.113 e. The lowest BCUT2D eigenvalue weighted by Gasteiger charge is -2.33. The van der Waals surface area contributed by atoms with Gasteiger partial charge in [-0.25, -0.2) is 4.98 Å². The lowest BCUT2D eigenvalue weighted by atomic mass is 10.0. The number of hydrogen-bond donors (Lipinski definition) is 1. The number of rotatable bonds is 3. The van der Waals surface area contributed by atoms with E-state index in [1.54, 1.807) is 0 Å². The van der Waals surface area contributed by atoms with E-state index < -0.39 is 0 Å². The topological polar surface area (TPSA) is 36.4 Å². The van der Waals surface area contributed by atoms with Crippen molar-refractivity contribution in [2.45, 2.75) is 38.3 Å². The van der Waals surface area contributed by atoms with Crippen molar-refractivity contribution in [1.29, 1.82) is 0 Å². The molecule has 1 fully saturated rings. The molecule has 1 atom stereocenters. The first kappa shape index (κ1) is 16.7. The van der Waals surface area contributed by atoms with Gasteiger partial charge in [0.15, 0.2) is 0 Å². The second-order valence-corrected chi connectivity index (χ2v) is 6.46. The monoisotopic (exact) mass is 320 g/mol. The minimum atomic E-state index is -0.162. The molecule has 1 N–H and O–H groups in total. The summed E-state index contributed by atoms with van der Waals surface area (Å²) in [6.07, 6.45) is 4.25. The molecule has 3 rings (SSSR count). The first-order valence-electron chi connectivity index (χ1n) is 8.61. The number of aliphatic hydroxyl groups excluding tert-OH is 1. The summed E-state index contributed by atoms with van der Waals surface area (Å²) >= 11 is 0. The number of aryl methyl sites for hydroxylation is 1. The van der Waals surface area contributed by atoms with E-state index in [9.17, 15) is 5.11 Å². The highest BCUT2D eigenvalue weighted by Gasteiger charge is 2.23. The van der Waals surface area contributed by atoms with Crippen LogP contribution in [-0.4, -0.2) is 40.2 Å². The van der Waals surface area contributed by atoms with E-state index in [4.69, 9.17) is 0 Å². The number of hydrogen-bond acceptors (Lipinski definition) is 3. The van der Waals surface area contributed by atoms with Crippen molar-refractivity contribution in [3.8, 4) is 11.8 Å². The summed E-state index contributed by atoms with van der Waals surface area (Å²) in [5.74, 6) is 6.66. The SMILES string of the molecule is Cc1ccc(C#CC(Cc2ccccc2)N2CCC(O)CC2)nc1. The van der Waals surface area contributed by atoms with Crippen LogP contribution in [0.25, 0.3) is 0 Å². The van der Waals surface area contributed by atoms with Crippen LogP contribution < -0.4 is 0 Å². The summed E-state index contributed by atoms with van der Waals surface area (Å²) in [4.78, 5) is 6.77. The minimum Gasteiger partial charge on any atom is -0.393 e. The van der Waals surface area contributed by atoms with Crippen LogP contribution >= 0.6 is 0 Å². The van der Waals surface area contributed by atoms with Gasteiger partial charge in [0.25, 0.3) is 0 Å². The zero-order valence-corrected chi connectivity index (χ0v) is 14.2. The highest BCUT2D eigenvalue weighted by atomic mass is 16.3. The molecule has 0 spiro atoms. The Morgan fingerprint density at radius 1 is 1.17 bits per heavy atom. The van der Waals surface area contributed by atoms with Gasteiger partial charge >= 0.3 is 0 Å². The van der Waals surface area contributed by atoms with E-state index in [0.29, 0.717) is 0 Å². The molecular weight excluding hydrogens is 296 g/mol. The fourth-order valence-electron chi connectivity index (χ4n) is 3.01. The molecule has 1 aromatic heterocycles. The Bertz CT molecular complexity index is 692. The molecule has 0 saturated carbocycles. The molecule has 124 valence electrons. The van der Waals surface area contributed by atoms with Gasteiger partial charge in [-0.05, 0) is 49.3 Å². The molecule has 0 radical (unpaired) electrons. The third-order valence-electron chi connectivity index (χ3n) is 4.49. The third kappa shape index (κ3) is 4.67. The minimum absolute atomic E-state index is 0.156. The molecule has 24 heavy (non-hydrogen) atoms. The van der Waals surface area contributed by atoms with Gasteiger partial charge in [0.2, 0.25) is 0 Å². The summed E-state index contributed by atoms with van der Waals surface area (Å²) in [5, 5.41) is 9.76. The van der Waals surface area contributed by atoms with Crippen LogP contribution in [0, 0.1) is 18.8 Å². The van der Waals surface area contributed by atoms with E-state index in [1.807, 2.05) is 31.3 Å². The summed E-state index contributed by atoms with van der Waals surface area (Å²) in [6, 6.07) is 14.7. The van der Waals surface area contributed by atoms with Gasteiger partial charge in [0, 0.05) is 19.3 Å². The van der Waals surface area contributed by atoms with Gasteiger partial charge in [-0.1, -0.05) is 42.3 Å². The Morgan fingerprint density at radius 3 is 2.58 bits per heavy atom. The van der Waals surface area contributed by atoms with Crippen LogP contribution in [0.15, 0.2) is 48.7 Å². The lowest BCUT2D eigenvalue weighted by Crippen LogP contribution is -2.43. The number of pyridine rings is 1. The van der Waals surface area contributed by atoms with E-state index in [-0.39, 0.29) is 12.1 Å². The molecule has 0 bridgehead atoms. The highest BCUT2D eigenvalue weighted by Crippen LogP contribution is 2.16. The molecule has 2 heterocycles. The van der Waals surface area contributed by atoms with Crippen LogP contribution in [0.2, 0.25) is 0 Å². The number of aromatic nitrogens is 1. The number of aliphatic hydroxyl groups is 1. The lowest BCUT2D eigenvalue weighted by molar-refractivity contribution is 0.0722. The second kappa shape index (κ2) is 8.10. The Morgan fingerprint density at radius 2 is 1.92 bits per heavy atom. The van der Waals surface area contributed by atoms with Gasteiger partial charge in [-0.3, -0.25) is 4.90 Å². The standard InChI is InChI=1S/C21H24N2O/c1-17-7-8-19(22-16-17)9-10-20(15-18-5-3-2-4-6-18)23-13-11-21(24)12-14-23/h2-8,16,20-21,24H,11-15H2,1H3. The van der Waals surface area contributed by atoms with Gasteiger partial charge in [0.05, 0.1) is 12.1 Å². The van der Waals surface area contributed by atoms with Gasteiger partial charge in [-0.15, -0.1) is 0 Å². The fraction of sp³-hybridized carbons (Fsp3) is 0.381. The predicted molar refractivity (Wildman–Crippen MR) is 96.6 cm³/mol. The van der Waals surface area contributed by atoms with Crippen LogP contribution in [0.1, 0.15) is 29.7 Å². The second-order valence-electron chi connectivity index (χ2n) is 6.46. The molecule has 3 nitrogen and oxygen atoms in total. The van der Waals surface area contributed by atoms with Gasteiger partial charge in [-0.2, -0.15) is 0 Å². The number of benzene rings is 1. The summed E-state index contributed by atoms with van der Waals surface area (Å²) in [6.45, 7) is 3.82. The Hall–Kier alpha value is -2.15. The average molecular weight is 320 g/mol. The Labute approximate surface area is 144 Å². The maximum absolute atomic E-state index is 9.76. The zero-order chi connectivity index (χ0) is 16.8. The molecule has 1 saturated heterocycles. The molecule has 1 aliphatic heterocycles. The molecular formula is C21H24N2O. The quantitative estimate of drug-likeness (QED) is 0.884. The molecule has 0 aliphatic carbocycles. The van der Waals surface area contributed by atoms with Crippen molar-refractivity contribution in [3.05, 3.63) is 65.5 Å². The first-order chi connectivity index (χ1) is 11.7. The van der Waals surface area contributed by atoms with E-state index in [0.717, 1.165) is 43.6 Å². The highest BCUT2D eigenvalue weighted by molar-refractivity contribution is 5.31. The van der Waals surface area contributed by atoms with Gasteiger partial charge in [0.1, 0.15) is 5.69 Å². The zero-order valence-electron chi connectivity index (χ0n) is 14.2. The van der Waals surface area contributed by atoms with Crippen LogP contribution in [0.3, 0.4) is 0 Å². The normalized spacial score (nSPS) is 17.1. The summed E-state index contributed by atoms with van der Waals surface area (Å²) in [5.41, 5.74) is 3.25. The molecule has 1 aromatic carbocycles. The van der Waals surface area contributed by atoms with Crippen molar-refractivity contribution < 1.29 is 5.11 Å². The van der Waals surface area contributed by atoms with E-state index in [2.05, 4.69) is 46.0 Å². The molecule has 1 unspecified atom stereocenters. The first-order valence-corrected chi connectivity index (χ1v) is 8.61. The predicted octanol–water partition coefficient (Wildman–Crippen LogP) is 2.81. The van der Waals surface area contributed by atoms with Crippen molar-refractivity contribution >= 4 is 0 Å². The number of nitrogens with zero attached hydrogens (tertiary/aromatic N) is 2. The Balaban J connectivity index is 1.78. The van der Waals surface area contributed by atoms with Crippen LogP contribution in [-0.2, 0) is 6.42 Å². The summed E-state index contributed by atoms with van der Waals surface area (Å²) in [7, 11) is 0. The van der Waals surface area contributed by atoms with E-state index in [1.165, 1.54) is 5.56 Å². The van der Waals surface area contributed by atoms with Crippen molar-refractivity contribution in [2.75, 3.05) is 13.1 Å². The summed E-state index contributed by atoms with van der Waals surface area (Å²) < 4.78 is 0. The molecule has 0 amide bonds. The van der Waals surface area contributed by atoms with Crippen molar-refractivity contribution in [2.24, 2.45) is 0 Å². The number of piperidine rings is 1. The smallest absolute Gasteiger partial charge is 0.113 e. The fourth-order valence-corrected chi connectivity index (χ4v) is 3.01. The maximum atomic E-state index is 9.76. The largest absolute Gasteiger partial charge is 0.393 e. The average Bonchev–Trinajstić information content (AvgIpc) is 2.62. The third-order valence-corrected chi connectivity index (χ3v) is 4.49. The van der Waals surface area contributed by atoms with Crippen LogP contribution in [0.5, 0.6) is 0 Å². The Kier molecular flexibility index (Phi) is 5.63. The molecule has 3 heteroatoms. The van der Waals surface area contributed by atoms with Crippen molar-refractivity contribution in [3.63, 3.8) is 0 Å². The molecule has 1 aliphatic rings. The van der Waals surface area contributed by atoms with E-state index >= 15 is 0 Å². The molecule has 2 aromatic rings. The van der Waals surface area contributed by atoms with Crippen LogP contribution in [0.4, 0.5) is 0 Å².